The van der Waals surface area contributed by atoms with Gasteiger partial charge in [-0.25, -0.2) is 14.4 Å². The summed E-state index contributed by atoms with van der Waals surface area (Å²) in [5, 5.41) is 3.28. The van der Waals surface area contributed by atoms with E-state index in [1.807, 2.05) is 20.0 Å². The number of unbranched alkanes of at least 4 members (excludes halogenated alkanes) is 1. The highest BCUT2D eigenvalue weighted by molar-refractivity contribution is 14.0. The summed E-state index contributed by atoms with van der Waals surface area (Å²) in [7, 11) is 2.03. The summed E-state index contributed by atoms with van der Waals surface area (Å²) in [6, 6.07) is 5.20. The number of benzene rings is 1. The average molecular weight is 459 g/mol. The second-order valence-corrected chi connectivity index (χ2v) is 5.70. The zero-order chi connectivity index (χ0) is 17.4. The van der Waals surface area contributed by atoms with Gasteiger partial charge in [-0.3, -0.25) is 0 Å². The molecule has 0 aliphatic carbocycles. The molecule has 1 heterocycles. The van der Waals surface area contributed by atoms with Crippen LogP contribution in [0.3, 0.4) is 0 Å². The normalized spacial score (nSPS) is 11.1. The van der Waals surface area contributed by atoms with Crippen LogP contribution >= 0.6 is 24.0 Å². The number of halogens is 2. The first kappa shape index (κ1) is 21.4. The summed E-state index contributed by atoms with van der Waals surface area (Å²) in [4.78, 5) is 10.7. The van der Waals surface area contributed by atoms with Crippen LogP contribution in [0.1, 0.15) is 32.3 Å². The molecule has 7 heteroatoms. The standard InChI is InChI=1S/C18H26FN5.HI/c1-4-6-10-23(3)18(21-5-2)22-13-15-7-8-17(16(19)12-15)24-11-9-20-14-24;/h7-9,11-12,14H,4-6,10,13H2,1-3H3,(H,21,22);1H. The Morgan fingerprint density at radius 1 is 1.36 bits per heavy atom. The van der Waals surface area contributed by atoms with Crippen LogP contribution in [-0.2, 0) is 6.54 Å². The van der Waals surface area contributed by atoms with E-state index in [1.54, 1.807) is 29.4 Å². The van der Waals surface area contributed by atoms with E-state index in [4.69, 9.17) is 0 Å². The third-order valence-electron chi connectivity index (χ3n) is 3.75. The highest BCUT2D eigenvalue weighted by atomic mass is 127. The van der Waals surface area contributed by atoms with Gasteiger partial charge in [-0.05, 0) is 31.0 Å². The predicted octanol–water partition coefficient (Wildman–Crippen LogP) is 3.83. The zero-order valence-corrected chi connectivity index (χ0v) is 17.4. The molecular formula is C18H27FIN5. The third-order valence-corrected chi connectivity index (χ3v) is 3.75. The number of guanidine groups is 1. The number of hydrogen-bond donors (Lipinski definition) is 1. The minimum Gasteiger partial charge on any atom is -0.357 e. The lowest BCUT2D eigenvalue weighted by Crippen LogP contribution is -2.39. The number of rotatable bonds is 7. The van der Waals surface area contributed by atoms with Crippen LogP contribution in [0.2, 0.25) is 0 Å². The highest BCUT2D eigenvalue weighted by Gasteiger charge is 2.07. The first-order valence-corrected chi connectivity index (χ1v) is 8.41. The van der Waals surface area contributed by atoms with Gasteiger partial charge < -0.3 is 14.8 Å². The lowest BCUT2D eigenvalue weighted by atomic mass is 10.2. The van der Waals surface area contributed by atoms with E-state index >= 15 is 0 Å². The Bertz CT molecular complexity index is 657. The largest absolute Gasteiger partial charge is 0.357 e. The summed E-state index contributed by atoms with van der Waals surface area (Å²) < 4.78 is 15.9. The number of nitrogens with one attached hydrogen (secondary N) is 1. The molecule has 0 atom stereocenters. The van der Waals surface area contributed by atoms with Crippen molar-refractivity contribution in [3.63, 3.8) is 0 Å². The van der Waals surface area contributed by atoms with Crippen LogP contribution in [0.4, 0.5) is 4.39 Å². The number of aromatic nitrogens is 2. The lowest BCUT2D eigenvalue weighted by molar-refractivity contribution is 0.464. The van der Waals surface area contributed by atoms with Gasteiger partial charge in [0.25, 0.3) is 0 Å². The molecule has 138 valence electrons. The van der Waals surface area contributed by atoms with Crippen molar-refractivity contribution in [2.45, 2.75) is 33.2 Å². The number of hydrogen-bond acceptors (Lipinski definition) is 2. The predicted molar refractivity (Wildman–Crippen MR) is 111 cm³/mol. The molecule has 1 aromatic heterocycles. The van der Waals surface area contributed by atoms with Crippen LogP contribution in [0.25, 0.3) is 5.69 Å². The molecule has 2 aromatic rings. The molecule has 0 fully saturated rings. The molecular weight excluding hydrogens is 432 g/mol. The van der Waals surface area contributed by atoms with Gasteiger partial charge in [0.15, 0.2) is 5.96 Å². The lowest BCUT2D eigenvalue weighted by Gasteiger charge is -2.21. The van der Waals surface area contributed by atoms with Crippen LogP contribution in [0, 0.1) is 5.82 Å². The second-order valence-electron chi connectivity index (χ2n) is 5.70. The molecule has 0 aliphatic rings. The van der Waals surface area contributed by atoms with Gasteiger partial charge >= 0.3 is 0 Å². The van der Waals surface area contributed by atoms with Crippen molar-refractivity contribution < 1.29 is 4.39 Å². The van der Waals surface area contributed by atoms with Crippen molar-refractivity contribution in [1.29, 1.82) is 0 Å². The molecule has 0 spiro atoms. The van der Waals surface area contributed by atoms with E-state index in [-0.39, 0.29) is 29.8 Å². The topological polar surface area (TPSA) is 45.5 Å². The zero-order valence-electron chi connectivity index (χ0n) is 15.1. The van der Waals surface area contributed by atoms with Gasteiger partial charge in [0.1, 0.15) is 5.82 Å². The maximum atomic E-state index is 14.3. The maximum absolute atomic E-state index is 14.3. The summed E-state index contributed by atoms with van der Waals surface area (Å²) in [5.41, 5.74) is 1.34. The first-order chi connectivity index (χ1) is 11.7. The molecule has 0 saturated carbocycles. The first-order valence-electron chi connectivity index (χ1n) is 8.41. The monoisotopic (exact) mass is 459 g/mol. The minimum absolute atomic E-state index is 0. The smallest absolute Gasteiger partial charge is 0.193 e. The van der Waals surface area contributed by atoms with Gasteiger partial charge in [-0.1, -0.05) is 19.4 Å². The maximum Gasteiger partial charge on any atom is 0.193 e. The molecule has 0 bridgehead atoms. The summed E-state index contributed by atoms with van der Waals surface area (Å²) in [6.07, 6.45) is 7.21. The van der Waals surface area contributed by atoms with Crippen LogP contribution in [0.15, 0.2) is 41.9 Å². The van der Waals surface area contributed by atoms with Crippen molar-refractivity contribution >= 4 is 29.9 Å². The number of nitrogens with zero attached hydrogens (tertiary/aromatic N) is 4. The molecule has 0 saturated heterocycles. The van der Waals surface area contributed by atoms with Gasteiger partial charge in [0.05, 0.1) is 18.6 Å². The Morgan fingerprint density at radius 2 is 2.16 bits per heavy atom. The number of aliphatic imine (C=N–C) groups is 1. The molecule has 2 rings (SSSR count). The van der Waals surface area contributed by atoms with Gasteiger partial charge in [-0.2, -0.15) is 0 Å². The van der Waals surface area contributed by atoms with Crippen molar-refractivity contribution in [2.24, 2.45) is 4.99 Å². The second kappa shape index (κ2) is 11.1. The summed E-state index contributed by atoms with van der Waals surface area (Å²) in [6.45, 7) is 6.42. The summed E-state index contributed by atoms with van der Waals surface area (Å²) in [5.74, 6) is 0.579. The van der Waals surface area contributed by atoms with E-state index in [0.717, 1.165) is 37.5 Å². The van der Waals surface area contributed by atoms with E-state index in [0.29, 0.717) is 12.2 Å². The third kappa shape index (κ3) is 6.30. The van der Waals surface area contributed by atoms with Gasteiger partial charge in [-0.15, -0.1) is 24.0 Å². The molecule has 0 aliphatic heterocycles. The Labute approximate surface area is 166 Å². The fraction of sp³-hybridized carbons (Fsp3) is 0.444. The molecule has 1 aromatic carbocycles. The Hall–Kier alpha value is -1.64. The summed E-state index contributed by atoms with van der Waals surface area (Å²) >= 11 is 0. The minimum atomic E-state index is -0.273. The SMILES string of the molecule is CCCCN(C)C(=NCc1ccc(-n2ccnc2)c(F)c1)NCC.I. The molecule has 0 amide bonds. The van der Waals surface area contributed by atoms with Gasteiger partial charge in [0, 0.05) is 32.5 Å². The Morgan fingerprint density at radius 3 is 2.76 bits per heavy atom. The quantitative estimate of drug-likeness (QED) is 0.389. The average Bonchev–Trinajstić information content (AvgIpc) is 3.10. The Kier molecular flexibility index (Phi) is 9.48. The Balaban J connectivity index is 0.00000312. The molecule has 0 radical (unpaired) electrons. The van der Waals surface area contributed by atoms with Crippen LogP contribution in [0.5, 0.6) is 0 Å². The van der Waals surface area contributed by atoms with E-state index in [2.05, 4.69) is 27.1 Å². The van der Waals surface area contributed by atoms with E-state index < -0.39 is 0 Å². The fourth-order valence-electron chi connectivity index (χ4n) is 2.40. The molecule has 25 heavy (non-hydrogen) atoms. The van der Waals surface area contributed by atoms with Crippen molar-refractivity contribution in [1.82, 2.24) is 19.8 Å². The van der Waals surface area contributed by atoms with Crippen LogP contribution < -0.4 is 5.32 Å². The fourth-order valence-corrected chi connectivity index (χ4v) is 2.40. The number of imidazole rings is 1. The van der Waals surface area contributed by atoms with Gasteiger partial charge in [0.2, 0.25) is 0 Å². The molecule has 0 unspecified atom stereocenters. The van der Waals surface area contributed by atoms with Crippen molar-refractivity contribution in [2.75, 3.05) is 20.1 Å². The van der Waals surface area contributed by atoms with E-state index in [9.17, 15) is 4.39 Å². The van der Waals surface area contributed by atoms with Crippen molar-refractivity contribution in [3.8, 4) is 5.69 Å². The van der Waals surface area contributed by atoms with Crippen molar-refractivity contribution in [3.05, 3.63) is 48.3 Å². The van der Waals surface area contributed by atoms with Crippen LogP contribution in [-0.4, -0.2) is 40.5 Å². The van der Waals surface area contributed by atoms with E-state index in [1.165, 1.54) is 6.07 Å². The molecule has 1 N–H and O–H groups in total. The highest BCUT2D eigenvalue weighted by Crippen LogP contribution is 2.15. The molecule has 5 nitrogen and oxygen atoms in total.